The molecule has 0 aromatic heterocycles. The second-order valence-electron chi connectivity index (χ2n) is 2.92. The first-order chi connectivity index (χ1) is 6.04. The molecule has 0 aromatic rings. The van der Waals surface area contributed by atoms with E-state index in [-0.39, 0.29) is 17.9 Å². The zero-order valence-electron chi connectivity index (χ0n) is 8.29. The average molecular weight is 206 g/mol. The molecule has 0 fully saturated rings. The number of rotatable bonds is 5. The van der Waals surface area contributed by atoms with E-state index < -0.39 is 0 Å². The third-order valence-corrected chi connectivity index (χ3v) is 2.49. The van der Waals surface area contributed by atoms with Gasteiger partial charge < -0.3 is 4.74 Å². The Bertz CT molecular complexity index is 184. The van der Waals surface area contributed by atoms with Gasteiger partial charge in [0, 0.05) is 12.6 Å². The molecule has 0 radical (unpaired) electrons. The highest BCUT2D eigenvalue weighted by atomic mass is 35.5. The van der Waals surface area contributed by atoms with E-state index in [1.165, 1.54) is 11.5 Å². The Morgan fingerprint density at radius 3 is 2.62 bits per heavy atom. The van der Waals surface area contributed by atoms with Crippen LogP contribution >= 0.6 is 11.8 Å². The molecule has 0 rings (SSSR count). The SMILES string of the molecule is C=CCN(Cl)C(C)C(C)C(=O)OC. The summed E-state index contributed by atoms with van der Waals surface area (Å²) in [7, 11) is 1.37. The zero-order valence-corrected chi connectivity index (χ0v) is 9.04. The standard InChI is InChI=1S/C9H16ClNO2/c1-5-6-11(10)8(3)7(2)9(12)13-4/h5,7-8H,1,6H2,2-4H3. The molecule has 2 unspecified atom stereocenters. The van der Waals surface area contributed by atoms with Crippen molar-refractivity contribution >= 4 is 17.7 Å². The van der Waals surface area contributed by atoms with Crippen LogP contribution in [0.25, 0.3) is 0 Å². The van der Waals surface area contributed by atoms with Crippen LogP contribution in [0.1, 0.15) is 13.8 Å². The molecule has 0 aliphatic carbocycles. The lowest BCUT2D eigenvalue weighted by Crippen LogP contribution is -2.35. The molecule has 0 aliphatic rings. The van der Waals surface area contributed by atoms with Crippen LogP contribution < -0.4 is 0 Å². The summed E-state index contributed by atoms with van der Waals surface area (Å²) < 4.78 is 6.15. The van der Waals surface area contributed by atoms with Crippen molar-refractivity contribution in [3.63, 3.8) is 0 Å². The maximum Gasteiger partial charge on any atom is 0.310 e. The van der Waals surface area contributed by atoms with Gasteiger partial charge in [-0.15, -0.1) is 6.58 Å². The predicted octanol–water partition coefficient (Wildman–Crippen LogP) is 1.83. The van der Waals surface area contributed by atoms with Crippen LogP contribution in [0.15, 0.2) is 12.7 Å². The van der Waals surface area contributed by atoms with E-state index in [2.05, 4.69) is 11.3 Å². The normalized spacial score (nSPS) is 15.2. The Balaban J connectivity index is 4.14. The van der Waals surface area contributed by atoms with E-state index in [0.29, 0.717) is 6.54 Å². The van der Waals surface area contributed by atoms with Crippen LogP contribution in [0.2, 0.25) is 0 Å². The minimum Gasteiger partial charge on any atom is -0.469 e. The largest absolute Gasteiger partial charge is 0.469 e. The van der Waals surface area contributed by atoms with E-state index in [4.69, 9.17) is 11.8 Å². The summed E-state index contributed by atoms with van der Waals surface area (Å²) in [5.74, 6) is -0.482. The molecule has 0 spiro atoms. The Morgan fingerprint density at radius 2 is 2.23 bits per heavy atom. The Hall–Kier alpha value is -0.540. The molecule has 0 saturated carbocycles. The van der Waals surface area contributed by atoms with Crippen molar-refractivity contribution in [3.8, 4) is 0 Å². The summed E-state index contributed by atoms with van der Waals surface area (Å²) in [6, 6.07) is -0.0629. The maximum atomic E-state index is 11.1. The third kappa shape index (κ3) is 3.79. The summed E-state index contributed by atoms with van der Waals surface area (Å²) in [4.78, 5) is 11.1. The molecule has 0 saturated heterocycles. The van der Waals surface area contributed by atoms with Gasteiger partial charge in [-0.1, -0.05) is 13.0 Å². The molecule has 4 heteroatoms. The van der Waals surface area contributed by atoms with Gasteiger partial charge in [0.25, 0.3) is 0 Å². The lowest BCUT2D eigenvalue weighted by molar-refractivity contribution is -0.146. The fourth-order valence-electron chi connectivity index (χ4n) is 0.915. The van der Waals surface area contributed by atoms with Gasteiger partial charge >= 0.3 is 5.97 Å². The maximum absolute atomic E-state index is 11.1. The van der Waals surface area contributed by atoms with Gasteiger partial charge in [-0.2, -0.15) is 0 Å². The van der Waals surface area contributed by atoms with Gasteiger partial charge in [0.15, 0.2) is 0 Å². The van der Waals surface area contributed by atoms with Crippen LogP contribution in [0, 0.1) is 5.92 Å². The summed E-state index contributed by atoms with van der Waals surface area (Å²) in [5, 5.41) is 0. The first-order valence-corrected chi connectivity index (χ1v) is 4.49. The second kappa shape index (κ2) is 6.00. The minimum absolute atomic E-state index is 0.0629. The second-order valence-corrected chi connectivity index (χ2v) is 3.36. The first-order valence-electron chi connectivity index (χ1n) is 4.15. The first kappa shape index (κ1) is 12.5. The number of hydrogen-bond donors (Lipinski definition) is 0. The molecule has 0 aromatic carbocycles. The van der Waals surface area contributed by atoms with Crippen LogP contribution in [-0.4, -0.2) is 30.1 Å². The highest BCUT2D eigenvalue weighted by molar-refractivity contribution is 6.13. The molecule has 0 aliphatic heterocycles. The van der Waals surface area contributed by atoms with Crippen molar-refractivity contribution in [3.05, 3.63) is 12.7 Å². The molecule has 76 valence electrons. The number of halogens is 1. The third-order valence-electron chi connectivity index (χ3n) is 2.04. The lowest BCUT2D eigenvalue weighted by atomic mass is 10.0. The van der Waals surface area contributed by atoms with Gasteiger partial charge in [0.05, 0.1) is 13.0 Å². The highest BCUT2D eigenvalue weighted by Crippen LogP contribution is 2.14. The molecule has 0 heterocycles. The molecular weight excluding hydrogens is 190 g/mol. The topological polar surface area (TPSA) is 29.5 Å². The highest BCUT2D eigenvalue weighted by Gasteiger charge is 2.24. The van der Waals surface area contributed by atoms with E-state index in [1.807, 2.05) is 6.92 Å². The van der Waals surface area contributed by atoms with Crippen LogP contribution in [0.3, 0.4) is 0 Å². The molecule has 13 heavy (non-hydrogen) atoms. The zero-order chi connectivity index (χ0) is 10.4. The fraction of sp³-hybridized carbons (Fsp3) is 0.667. The average Bonchev–Trinajstić information content (AvgIpc) is 2.14. The van der Waals surface area contributed by atoms with Crippen molar-refractivity contribution in [2.45, 2.75) is 19.9 Å². The number of carbonyl (C=O) groups is 1. The van der Waals surface area contributed by atoms with Gasteiger partial charge in [0.2, 0.25) is 0 Å². The van der Waals surface area contributed by atoms with E-state index in [9.17, 15) is 4.79 Å². The summed E-state index contributed by atoms with van der Waals surface area (Å²) >= 11 is 5.88. The van der Waals surface area contributed by atoms with E-state index in [1.54, 1.807) is 13.0 Å². The molecule has 3 nitrogen and oxygen atoms in total. The Morgan fingerprint density at radius 1 is 1.69 bits per heavy atom. The number of nitrogens with zero attached hydrogens (tertiary/aromatic N) is 1. The van der Waals surface area contributed by atoms with Gasteiger partial charge in [0.1, 0.15) is 0 Å². The lowest BCUT2D eigenvalue weighted by Gasteiger charge is -2.24. The van der Waals surface area contributed by atoms with Crippen molar-refractivity contribution in [2.24, 2.45) is 5.92 Å². The summed E-state index contributed by atoms with van der Waals surface area (Å²) in [6.45, 7) is 7.77. The van der Waals surface area contributed by atoms with Gasteiger partial charge in [-0.25, -0.2) is 4.42 Å². The van der Waals surface area contributed by atoms with E-state index in [0.717, 1.165) is 0 Å². The predicted molar refractivity (Wildman–Crippen MR) is 53.4 cm³/mol. The molecule has 0 N–H and O–H groups in total. The fourth-order valence-corrected chi connectivity index (χ4v) is 1.18. The number of ether oxygens (including phenoxy) is 1. The van der Waals surface area contributed by atoms with Crippen molar-refractivity contribution in [2.75, 3.05) is 13.7 Å². The van der Waals surface area contributed by atoms with Crippen molar-refractivity contribution in [1.29, 1.82) is 0 Å². The van der Waals surface area contributed by atoms with Crippen LogP contribution in [-0.2, 0) is 9.53 Å². The Labute approximate surface area is 84.4 Å². The molecule has 0 amide bonds. The number of hydrogen-bond acceptors (Lipinski definition) is 3. The minimum atomic E-state index is -0.248. The summed E-state index contributed by atoms with van der Waals surface area (Å²) in [5.41, 5.74) is 0. The summed E-state index contributed by atoms with van der Waals surface area (Å²) in [6.07, 6.45) is 1.69. The van der Waals surface area contributed by atoms with Crippen molar-refractivity contribution < 1.29 is 9.53 Å². The molecule has 0 bridgehead atoms. The van der Waals surface area contributed by atoms with Crippen LogP contribution in [0.5, 0.6) is 0 Å². The Kier molecular flexibility index (Phi) is 5.75. The van der Waals surface area contributed by atoms with Crippen molar-refractivity contribution in [1.82, 2.24) is 4.42 Å². The quantitative estimate of drug-likeness (QED) is 0.390. The molecule has 2 atom stereocenters. The van der Waals surface area contributed by atoms with Crippen LogP contribution in [0.4, 0.5) is 0 Å². The smallest absolute Gasteiger partial charge is 0.310 e. The number of methoxy groups -OCH3 is 1. The number of carbonyl (C=O) groups excluding carboxylic acids is 1. The van der Waals surface area contributed by atoms with Gasteiger partial charge in [-0.05, 0) is 18.7 Å². The molecular formula is C9H16ClNO2. The monoisotopic (exact) mass is 205 g/mol. The van der Waals surface area contributed by atoms with E-state index >= 15 is 0 Å². The number of esters is 1. The van der Waals surface area contributed by atoms with Gasteiger partial charge in [-0.3, -0.25) is 4.79 Å².